The summed E-state index contributed by atoms with van der Waals surface area (Å²) in [7, 11) is 0. The Balaban J connectivity index is 0.000000135. The highest BCUT2D eigenvalue weighted by atomic mass is 32.1. The van der Waals surface area contributed by atoms with Crippen LogP contribution in [0.3, 0.4) is 0 Å². The molecular formula is C103H138F2N20O12S4. The van der Waals surface area contributed by atoms with Crippen LogP contribution in [-0.2, 0) is 0 Å². The maximum atomic E-state index is 14.1. The van der Waals surface area contributed by atoms with Gasteiger partial charge in [0.2, 0.25) is 0 Å². The fraction of sp³-hybridized carbons (Fsp3) is 0.612. The number of fused-ring (bicyclic) bond motifs is 2. The summed E-state index contributed by atoms with van der Waals surface area (Å²) < 4.78 is 28.1. The summed E-state index contributed by atoms with van der Waals surface area (Å²) in [6.07, 6.45) is 26.8. The molecule has 19 rings (SSSR count). The normalized spacial score (nSPS) is 23.6. The summed E-state index contributed by atoms with van der Waals surface area (Å²) in [4.78, 5) is 152. The number of thiazole rings is 4. The van der Waals surface area contributed by atoms with Gasteiger partial charge < -0.3 is 82.6 Å². The minimum atomic E-state index is -2.96. The quantitative estimate of drug-likeness (QED) is 0.0207. The first-order valence-electron chi connectivity index (χ1n) is 50.4. The van der Waals surface area contributed by atoms with E-state index in [1.165, 1.54) is 79.0 Å². The van der Waals surface area contributed by atoms with Gasteiger partial charge in [0.25, 0.3) is 53.2 Å². The monoisotopic (exact) mass is 2010 g/mol. The fourth-order valence-electron chi connectivity index (χ4n) is 19.7. The lowest BCUT2D eigenvalue weighted by molar-refractivity contribution is 0.0117. The SMILES string of the molecule is Cc1cc(NC2(C)CCC2)ncc1-c1sc(C(=O)N[C@H](C)C(C)(C)O)nc1C(=O)N1CCC[C@@H]1C.Cc1cc(N[C@@H](C)C2CC2)ncc1-c1sc(C(=O)NC2CC(O)C2)nc1C(=O)N1CCC[C@@H]1C.Cc1cc(N[C@H](C)C2CC2)ncc1-c1sc(C(=O)NC2CC(O)C2)nc1C(=O)N1CC(F)(F)C[C@@H]1C.Cc1cc(N[C@H](C)C2CC2)ncc1-c1sc(C(=O)N[C@H](C)C(C)(C)O)nc1C(=O)N1C2CCC1CC2. The van der Waals surface area contributed by atoms with Crippen LogP contribution in [0.15, 0.2) is 49.1 Å². The molecule has 0 unspecified atom stereocenters. The van der Waals surface area contributed by atoms with Gasteiger partial charge in [-0.1, -0.05) is 0 Å². The number of carbonyl (C=O) groups is 8. The second-order valence-corrected chi connectivity index (χ2v) is 47.0. The van der Waals surface area contributed by atoms with E-state index in [4.69, 9.17) is 0 Å². The zero-order chi connectivity index (χ0) is 101. The van der Waals surface area contributed by atoms with Gasteiger partial charge in [0.1, 0.15) is 46.0 Å². The molecule has 11 aliphatic rings. The molecule has 5 saturated heterocycles. The Hall–Kier alpha value is -10.2. The maximum absolute atomic E-state index is 14.1. The fourth-order valence-corrected chi connectivity index (χ4v) is 23.9. The largest absolute Gasteiger partial charge is 0.393 e. The van der Waals surface area contributed by atoms with Gasteiger partial charge in [0, 0.05) is 133 Å². The number of likely N-dealkylation sites (tertiary alicyclic amines) is 3. The van der Waals surface area contributed by atoms with Gasteiger partial charge in [-0.25, -0.2) is 48.7 Å². The average molecular weight is 2010 g/mol. The third kappa shape index (κ3) is 24.2. The first-order valence-corrected chi connectivity index (χ1v) is 53.6. The summed E-state index contributed by atoms with van der Waals surface area (Å²) in [5, 5.41) is 65.7. The van der Waals surface area contributed by atoms with E-state index in [1.54, 1.807) is 73.3 Å². The highest BCUT2D eigenvalue weighted by Crippen LogP contribution is 2.47. The molecule has 8 atom stereocenters. The van der Waals surface area contributed by atoms with Crippen LogP contribution in [0.1, 0.15) is 335 Å². The molecule has 760 valence electrons. The predicted octanol–water partition coefficient (Wildman–Crippen LogP) is 16.2. The smallest absolute Gasteiger partial charge is 0.280 e. The van der Waals surface area contributed by atoms with Gasteiger partial charge in [-0.3, -0.25) is 38.4 Å². The molecule has 38 heteroatoms. The second kappa shape index (κ2) is 42.2. The summed E-state index contributed by atoms with van der Waals surface area (Å²) in [6.45, 7) is 33.1. The Morgan fingerprint density at radius 3 is 1.02 bits per heavy atom. The van der Waals surface area contributed by atoms with Gasteiger partial charge in [-0.05, 0) is 317 Å². The van der Waals surface area contributed by atoms with Crippen molar-refractivity contribution in [1.29, 1.82) is 0 Å². The Morgan fingerprint density at radius 2 is 0.745 bits per heavy atom. The topological polar surface area (TPSA) is 430 Å². The number of hydrogen-bond acceptors (Lipinski definition) is 28. The van der Waals surface area contributed by atoms with E-state index in [9.17, 15) is 67.6 Å². The summed E-state index contributed by atoms with van der Waals surface area (Å²) in [5.41, 5.74) is 5.72. The van der Waals surface area contributed by atoms with Crippen molar-refractivity contribution in [2.45, 2.75) is 366 Å². The summed E-state index contributed by atoms with van der Waals surface area (Å²) in [5.74, 6) is -0.214. The van der Waals surface area contributed by atoms with Crippen LogP contribution in [0.4, 0.5) is 32.1 Å². The molecule has 8 aromatic rings. The van der Waals surface area contributed by atoms with Crippen LogP contribution in [0, 0.1) is 45.4 Å². The molecule has 2 bridgehead atoms. The van der Waals surface area contributed by atoms with Crippen molar-refractivity contribution >= 4 is 116 Å². The van der Waals surface area contributed by atoms with Crippen molar-refractivity contribution in [2.24, 2.45) is 17.8 Å². The van der Waals surface area contributed by atoms with E-state index in [0.717, 1.165) is 143 Å². The number of hydrogen-bond donors (Lipinski definition) is 12. The van der Waals surface area contributed by atoms with Crippen molar-refractivity contribution in [2.75, 3.05) is 40.9 Å². The second-order valence-electron chi connectivity index (χ2n) is 43.0. The highest BCUT2D eigenvalue weighted by Gasteiger charge is 2.49. The van der Waals surface area contributed by atoms with Crippen molar-refractivity contribution < 1.29 is 67.6 Å². The molecule has 0 aromatic carbocycles. The average Bonchev–Trinajstić information content (AvgIpc) is 1.62. The lowest BCUT2D eigenvalue weighted by Crippen LogP contribution is -2.47. The molecule has 6 aliphatic carbocycles. The van der Waals surface area contributed by atoms with Crippen LogP contribution in [0.2, 0.25) is 0 Å². The minimum absolute atomic E-state index is 0.0136. The van der Waals surface area contributed by atoms with Gasteiger partial charge in [0.05, 0.1) is 61.5 Å². The van der Waals surface area contributed by atoms with Gasteiger partial charge in [-0.2, -0.15) is 0 Å². The zero-order valence-corrected chi connectivity index (χ0v) is 87.2. The molecule has 0 spiro atoms. The van der Waals surface area contributed by atoms with E-state index in [0.29, 0.717) is 117 Å². The molecule has 12 N–H and O–H groups in total. The summed E-state index contributed by atoms with van der Waals surface area (Å²) >= 11 is 4.71. The van der Waals surface area contributed by atoms with Crippen LogP contribution < -0.4 is 42.5 Å². The molecule has 32 nitrogen and oxygen atoms in total. The van der Waals surface area contributed by atoms with Gasteiger partial charge in [-0.15, -0.1) is 45.3 Å². The number of anilines is 4. The molecule has 8 aromatic heterocycles. The van der Waals surface area contributed by atoms with Crippen molar-refractivity contribution in [3.63, 3.8) is 0 Å². The van der Waals surface area contributed by atoms with E-state index in [-0.39, 0.29) is 103 Å². The lowest BCUT2D eigenvalue weighted by atomic mass is 9.78. The van der Waals surface area contributed by atoms with Crippen molar-refractivity contribution in [3.05, 3.63) is 114 Å². The maximum Gasteiger partial charge on any atom is 0.280 e. The van der Waals surface area contributed by atoms with E-state index in [1.807, 2.05) is 73.6 Å². The first-order chi connectivity index (χ1) is 66.7. The van der Waals surface area contributed by atoms with Crippen molar-refractivity contribution in [3.8, 4) is 41.8 Å². The number of halogens is 2. The Kier molecular flexibility index (Phi) is 31.0. The number of aryl methyl sites for hydroxylation is 4. The molecule has 11 fully saturated rings. The van der Waals surface area contributed by atoms with Crippen LogP contribution in [0.5, 0.6) is 0 Å². The number of amides is 8. The number of pyridine rings is 4. The highest BCUT2D eigenvalue weighted by molar-refractivity contribution is 7.18. The van der Waals surface area contributed by atoms with Gasteiger partial charge >= 0.3 is 0 Å². The lowest BCUT2D eigenvalue weighted by Gasteiger charge is -2.39. The molecular weight excluding hydrogens is 1880 g/mol. The van der Waals surface area contributed by atoms with Crippen LogP contribution in [0.25, 0.3) is 41.8 Å². The number of aromatic nitrogens is 8. The third-order valence-electron chi connectivity index (χ3n) is 30.3. The predicted molar refractivity (Wildman–Crippen MR) is 545 cm³/mol. The Bertz CT molecular complexity index is 5960. The molecule has 0 radical (unpaired) electrons. The number of alkyl halides is 2. The Morgan fingerprint density at radius 1 is 0.433 bits per heavy atom. The number of carbonyl (C=O) groups excluding carboxylic acids is 8. The number of rotatable bonds is 29. The summed E-state index contributed by atoms with van der Waals surface area (Å²) in [6, 6.07) is 8.00. The Labute approximate surface area is 839 Å². The molecule has 13 heterocycles. The number of nitrogens with one attached hydrogen (secondary N) is 8. The molecule has 8 amide bonds. The van der Waals surface area contributed by atoms with Crippen molar-refractivity contribution in [1.82, 2.24) is 80.7 Å². The van der Waals surface area contributed by atoms with E-state index < -0.39 is 72.0 Å². The van der Waals surface area contributed by atoms with Gasteiger partial charge in [0.15, 0.2) is 20.0 Å². The zero-order valence-electron chi connectivity index (χ0n) is 83.9. The molecule has 141 heavy (non-hydrogen) atoms. The number of nitrogens with zero attached hydrogens (tertiary/aromatic N) is 12. The standard InChI is InChI=1S/C27H37N5O3S.C26H37N5O3S.C25H31F2N5O3S.C25H33N5O3S/c1-14-12-21(29-15(2)17-6-7-17)28-13-20(14)23-22(26(34)32-18-8-9-19(32)11-10-18)31-25(36-23)24(33)30-16(3)27(4,5)35;1-15-13-19(30-26(6)10-8-11-26)27-14-18(15)21-20(24(33)31-12-7-9-16(31)2)29-23(35-21)22(32)28-17(3)25(4,5)34;1-12-6-19(29-14(3)15-4-5-15)28-10-18(12)21-20(24(35)32-11-25(26,27)9-13(32)2)31-23(36-21)22(34)30-16-7-17(33)8-16;1-13-9-20(27-15(3)16-6-7-16)26-12-19(13)22-21(25(33)30-8-4-5-14(30)2)29-24(34-22)23(32)28-17-10-18(31)11-17/h12-13,15-19,35H,6-11H2,1-5H3,(H,28,29)(H,30,33);13-14,16-17,34H,7-12H2,1-6H3,(H,27,30)(H,28,32);6,10,13-17,33H,4-5,7-9,11H2,1-3H3,(H,28,29)(H,30,34);9,12,14-18,31H,4-8,10-11H2,1-3H3,(H,26,27)(H,28,32)/t15-,16-,18?,19?;16-,17+;13-,14+,16?,17?;14-,15-,17?,18?/m1000/s1. The van der Waals surface area contributed by atoms with E-state index in [2.05, 4.69) is 117 Å². The minimum Gasteiger partial charge on any atom is -0.393 e. The number of aliphatic hydroxyl groups is 4. The number of aliphatic hydroxyl groups excluding tert-OH is 2. The van der Waals surface area contributed by atoms with Crippen LogP contribution >= 0.6 is 45.3 Å². The van der Waals surface area contributed by atoms with E-state index >= 15 is 0 Å². The molecule has 6 saturated carbocycles. The van der Waals surface area contributed by atoms with Crippen LogP contribution in [-0.4, -0.2) is 254 Å². The third-order valence-corrected chi connectivity index (χ3v) is 34.7. The first kappa shape index (κ1) is 104. The molecule has 5 aliphatic heterocycles.